The van der Waals surface area contributed by atoms with Crippen molar-refractivity contribution in [3.8, 4) is 0 Å². The molecule has 0 amide bonds. The lowest BCUT2D eigenvalue weighted by Gasteiger charge is -2.44. The third-order valence-electron chi connectivity index (χ3n) is 4.40. The molecule has 1 aliphatic carbocycles. The number of nitrogens with zero attached hydrogens (tertiary/aromatic N) is 1. The molecule has 1 aromatic rings. The zero-order valence-corrected chi connectivity index (χ0v) is 11.7. The summed E-state index contributed by atoms with van der Waals surface area (Å²) in [4.78, 5) is 4.15. The summed E-state index contributed by atoms with van der Waals surface area (Å²) in [5.74, 6) is 7.04. The number of hydrazine groups is 1. The summed E-state index contributed by atoms with van der Waals surface area (Å²) in [6, 6.07) is 3.72. The number of nitrogen functional groups attached to an aromatic ring is 1. The lowest BCUT2D eigenvalue weighted by Crippen LogP contribution is -2.50. The molecular weight excluding hydrogens is 240 g/mol. The summed E-state index contributed by atoms with van der Waals surface area (Å²) in [6.07, 6.45) is 5.94. The molecule has 5 N–H and O–H groups in total. The molecule has 1 unspecified atom stereocenters. The number of rotatable bonds is 4. The van der Waals surface area contributed by atoms with Crippen LogP contribution in [0.3, 0.4) is 0 Å². The predicted molar refractivity (Wildman–Crippen MR) is 76.1 cm³/mol. The Kier molecular flexibility index (Phi) is 4.39. The Morgan fingerprint density at radius 2 is 2.16 bits per heavy atom. The molecule has 1 heterocycles. The van der Waals surface area contributed by atoms with Crippen LogP contribution in [0.25, 0.3) is 0 Å². The van der Waals surface area contributed by atoms with Crippen molar-refractivity contribution >= 4 is 5.82 Å². The highest BCUT2D eigenvalue weighted by Crippen LogP contribution is 2.43. The maximum atomic E-state index is 5.98. The van der Waals surface area contributed by atoms with Gasteiger partial charge >= 0.3 is 0 Å². The van der Waals surface area contributed by atoms with E-state index in [4.69, 9.17) is 16.3 Å². The van der Waals surface area contributed by atoms with E-state index in [0.717, 1.165) is 37.2 Å². The van der Waals surface area contributed by atoms with Crippen molar-refractivity contribution in [2.75, 3.05) is 12.8 Å². The Morgan fingerprint density at radius 1 is 1.47 bits per heavy atom. The van der Waals surface area contributed by atoms with Crippen LogP contribution in [-0.2, 0) is 4.74 Å². The van der Waals surface area contributed by atoms with Crippen molar-refractivity contribution in [1.29, 1.82) is 0 Å². The van der Waals surface area contributed by atoms with Crippen LogP contribution in [0.2, 0.25) is 0 Å². The Morgan fingerprint density at radius 3 is 2.68 bits per heavy atom. The van der Waals surface area contributed by atoms with Crippen LogP contribution in [0.1, 0.15) is 44.2 Å². The third-order valence-corrected chi connectivity index (χ3v) is 4.40. The van der Waals surface area contributed by atoms with Gasteiger partial charge in [0.25, 0.3) is 0 Å². The van der Waals surface area contributed by atoms with Gasteiger partial charge in [-0.2, -0.15) is 0 Å². The molecule has 1 atom stereocenters. The Labute approximate surface area is 114 Å². The highest BCUT2D eigenvalue weighted by atomic mass is 16.5. The zero-order chi connectivity index (χ0) is 13.9. The number of hydrogen-bond acceptors (Lipinski definition) is 5. The maximum Gasteiger partial charge on any atom is 0.128 e. The first-order valence-electron chi connectivity index (χ1n) is 6.84. The molecule has 1 saturated carbocycles. The SMILES string of the molecule is COC1(C(NN)c2cccnc2N)CCC(C)CC1. The molecular formula is C14H24N4O. The predicted octanol–water partition coefficient (Wildman–Crippen LogP) is 1.76. The molecule has 1 aromatic heterocycles. The van der Waals surface area contributed by atoms with Gasteiger partial charge in [0.15, 0.2) is 0 Å². The number of hydrogen-bond donors (Lipinski definition) is 3. The minimum absolute atomic E-state index is 0.126. The Balaban J connectivity index is 2.32. The van der Waals surface area contributed by atoms with Gasteiger partial charge in [0.05, 0.1) is 11.6 Å². The first kappa shape index (κ1) is 14.2. The average molecular weight is 264 g/mol. The second-order valence-corrected chi connectivity index (χ2v) is 5.53. The van der Waals surface area contributed by atoms with Crippen LogP contribution in [0.4, 0.5) is 5.82 Å². The molecule has 106 valence electrons. The van der Waals surface area contributed by atoms with Crippen molar-refractivity contribution in [3.05, 3.63) is 23.9 Å². The van der Waals surface area contributed by atoms with Gasteiger partial charge in [0.2, 0.25) is 0 Å². The zero-order valence-electron chi connectivity index (χ0n) is 11.7. The van der Waals surface area contributed by atoms with E-state index in [1.807, 2.05) is 12.1 Å². The quantitative estimate of drug-likeness (QED) is 0.570. The maximum absolute atomic E-state index is 5.98. The van der Waals surface area contributed by atoms with Crippen molar-refractivity contribution < 1.29 is 4.74 Å². The molecule has 1 fully saturated rings. The van der Waals surface area contributed by atoms with Crippen LogP contribution < -0.4 is 17.0 Å². The lowest BCUT2D eigenvalue weighted by molar-refractivity contribution is -0.0760. The summed E-state index contributed by atoms with van der Waals surface area (Å²) >= 11 is 0. The summed E-state index contributed by atoms with van der Waals surface area (Å²) in [6.45, 7) is 2.28. The number of anilines is 1. The molecule has 19 heavy (non-hydrogen) atoms. The van der Waals surface area contributed by atoms with Crippen LogP contribution in [0.15, 0.2) is 18.3 Å². The van der Waals surface area contributed by atoms with E-state index >= 15 is 0 Å². The van der Waals surface area contributed by atoms with Crippen molar-refractivity contribution in [3.63, 3.8) is 0 Å². The summed E-state index contributed by atoms with van der Waals surface area (Å²) in [7, 11) is 1.76. The van der Waals surface area contributed by atoms with Crippen LogP contribution in [-0.4, -0.2) is 17.7 Å². The molecule has 0 bridgehead atoms. The van der Waals surface area contributed by atoms with Gasteiger partial charge in [-0.1, -0.05) is 13.0 Å². The first-order valence-corrected chi connectivity index (χ1v) is 6.84. The number of nitrogens with one attached hydrogen (secondary N) is 1. The molecule has 5 nitrogen and oxygen atoms in total. The fourth-order valence-electron chi connectivity index (χ4n) is 3.06. The number of nitrogens with two attached hydrogens (primary N) is 2. The molecule has 0 radical (unpaired) electrons. The van der Waals surface area contributed by atoms with E-state index in [9.17, 15) is 0 Å². The highest BCUT2D eigenvalue weighted by molar-refractivity contribution is 5.42. The number of aromatic nitrogens is 1. The second-order valence-electron chi connectivity index (χ2n) is 5.53. The van der Waals surface area contributed by atoms with Gasteiger partial charge < -0.3 is 10.5 Å². The first-order chi connectivity index (χ1) is 9.13. The van der Waals surface area contributed by atoms with E-state index in [0.29, 0.717) is 5.82 Å². The molecule has 1 aliphatic rings. The van der Waals surface area contributed by atoms with Crippen LogP contribution >= 0.6 is 0 Å². The van der Waals surface area contributed by atoms with E-state index in [2.05, 4.69) is 17.3 Å². The Bertz CT molecular complexity index is 416. The van der Waals surface area contributed by atoms with Gasteiger partial charge in [0.1, 0.15) is 5.82 Å². The fraction of sp³-hybridized carbons (Fsp3) is 0.643. The largest absolute Gasteiger partial charge is 0.383 e. The van der Waals surface area contributed by atoms with Crippen molar-refractivity contribution in [2.24, 2.45) is 11.8 Å². The fourth-order valence-corrected chi connectivity index (χ4v) is 3.06. The van der Waals surface area contributed by atoms with Crippen LogP contribution in [0, 0.1) is 5.92 Å². The van der Waals surface area contributed by atoms with Crippen molar-refractivity contribution in [1.82, 2.24) is 10.4 Å². The Hall–Kier alpha value is -1.17. The topological polar surface area (TPSA) is 86.2 Å². The molecule has 0 aliphatic heterocycles. The third kappa shape index (κ3) is 2.73. The minimum atomic E-state index is -0.293. The van der Waals surface area contributed by atoms with Crippen LogP contribution in [0.5, 0.6) is 0 Å². The second kappa shape index (κ2) is 5.86. The normalized spacial score (nSPS) is 29.1. The molecule has 0 saturated heterocycles. The van der Waals surface area contributed by atoms with Gasteiger partial charge in [-0.3, -0.25) is 5.84 Å². The number of pyridine rings is 1. The number of methoxy groups -OCH3 is 1. The van der Waals surface area contributed by atoms with Gasteiger partial charge in [-0.25, -0.2) is 10.4 Å². The van der Waals surface area contributed by atoms with Gasteiger partial charge in [-0.05, 0) is 37.7 Å². The van der Waals surface area contributed by atoms with E-state index in [-0.39, 0.29) is 11.6 Å². The van der Waals surface area contributed by atoms with Gasteiger partial charge in [0, 0.05) is 18.9 Å². The minimum Gasteiger partial charge on any atom is -0.383 e. The van der Waals surface area contributed by atoms with Crippen molar-refractivity contribution in [2.45, 2.75) is 44.2 Å². The monoisotopic (exact) mass is 264 g/mol. The smallest absolute Gasteiger partial charge is 0.128 e. The summed E-state index contributed by atoms with van der Waals surface area (Å²) < 4.78 is 5.86. The standard InChI is InChI=1S/C14H24N4O/c1-10-5-7-14(19-2,8-6-10)12(18-16)11-4-3-9-17-13(11)15/h3-4,9-10,12,18H,5-8,16H2,1-2H3,(H2,15,17). The van der Waals surface area contributed by atoms with E-state index < -0.39 is 0 Å². The van der Waals surface area contributed by atoms with Gasteiger partial charge in [-0.15, -0.1) is 0 Å². The summed E-state index contributed by atoms with van der Waals surface area (Å²) in [5, 5.41) is 0. The average Bonchev–Trinajstić information content (AvgIpc) is 2.44. The molecule has 2 rings (SSSR count). The summed E-state index contributed by atoms with van der Waals surface area (Å²) in [5.41, 5.74) is 9.50. The number of ether oxygens (including phenoxy) is 1. The molecule has 0 spiro atoms. The van der Waals surface area contributed by atoms with E-state index in [1.54, 1.807) is 13.3 Å². The highest BCUT2D eigenvalue weighted by Gasteiger charge is 2.42. The molecule has 5 heteroatoms. The molecule has 0 aromatic carbocycles. The lowest BCUT2D eigenvalue weighted by atomic mass is 9.73. The van der Waals surface area contributed by atoms with E-state index in [1.165, 1.54) is 0 Å².